The van der Waals surface area contributed by atoms with Crippen LogP contribution in [0.15, 0.2) is 0 Å². The van der Waals surface area contributed by atoms with Gasteiger partial charge >= 0.3 is 5.97 Å². The van der Waals surface area contributed by atoms with E-state index in [1.54, 1.807) is 13.8 Å². The molecule has 0 aromatic carbocycles. The Morgan fingerprint density at radius 3 is 2.33 bits per heavy atom. The highest BCUT2D eigenvalue weighted by molar-refractivity contribution is 8.01. The minimum Gasteiger partial charge on any atom is -0.480 e. The minimum absolute atomic E-state index is 0.651. The number of aliphatic hydroxyl groups is 4. The number of hydrogen-bond acceptors (Lipinski definition) is 7. The molecule has 18 heavy (non-hydrogen) atoms. The number of thioether (sulfide) groups is 1. The van der Waals surface area contributed by atoms with Crippen molar-refractivity contribution in [1.82, 2.24) is 5.32 Å². The second-order valence-electron chi connectivity index (χ2n) is 4.81. The van der Waals surface area contributed by atoms with Crippen molar-refractivity contribution < 1.29 is 30.3 Å². The fraction of sp³-hybridized carbons (Fsp3) is 0.900. The van der Waals surface area contributed by atoms with Gasteiger partial charge in [0.1, 0.15) is 24.4 Å². The summed E-state index contributed by atoms with van der Waals surface area (Å²) in [7, 11) is 0. The molecule has 1 unspecified atom stereocenters. The van der Waals surface area contributed by atoms with Crippen molar-refractivity contribution in [3.8, 4) is 0 Å². The highest BCUT2D eigenvalue weighted by Gasteiger charge is 2.48. The van der Waals surface area contributed by atoms with Crippen molar-refractivity contribution in [2.45, 2.75) is 48.3 Å². The maximum absolute atomic E-state index is 11.0. The highest BCUT2D eigenvalue weighted by Crippen LogP contribution is 2.39. The van der Waals surface area contributed by atoms with Gasteiger partial charge in [0.15, 0.2) is 0 Å². The van der Waals surface area contributed by atoms with Crippen molar-refractivity contribution in [3.63, 3.8) is 0 Å². The third kappa shape index (κ3) is 3.14. The molecule has 0 aromatic rings. The van der Waals surface area contributed by atoms with E-state index in [1.807, 2.05) is 0 Å². The van der Waals surface area contributed by atoms with Gasteiger partial charge in [-0.2, -0.15) is 0 Å². The Labute approximate surface area is 109 Å². The molecule has 1 heterocycles. The van der Waals surface area contributed by atoms with Crippen LogP contribution in [0, 0.1) is 0 Å². The number of carboxylic acid groups (broad SMARTS) is 1. The molecule has 8 heteroatoms. The molecule has 5 atom stereocenters. The second-order valence-corrected chi connectivity index (χ2v) is 6.61. The van der Waals surface area contributed by atoms with Gasteiger partial charge in [-0.15, -0.1) is 11.8 Å². The van der Waals surface area contributed by atoms with E-state index in [1.165, 1.54) is 11.8 Å². The van der Waals surface area contributed by atoms with Crippen molar-refractivity contribution in [1.29, 1.82) is 0 Å². The van der Waals surface area contributed by atoms with E-state index in [4.69, 9.17) is 10.2 Å². The van der Waals surface area contributed by atoms with Crippen LogP contribution in [0.3, 0.4) is 0 Å². The summed E-state index contributed by atoms with van der Waals surface area (Å²) in [5, 5.41) is 48.4. The van der Waals surface area contributed by atoms with E-state index in [0.29, 0.717) is 0 Å². The van der Waals surface area contributed by atoms with Crippen LogP contribution in [0.2, 0.25) is 0 Å². The summed E-state index contributed by atoms with van der Waals surface area (Å²) < 4.78 is -0.651. The topological polar surface area (TPSA) is 130 Å². The lowest BCUT2D eigenvalue weighted by molar-refractivity contribution is -0.140. The number of carbonyl (C=O) groups is 1. The predicted molar refractivity (Wildman–Crippen MR) is 65.1 cm³/mol. The van der Waals surface area contributed by atoms with Gasteiger partial charge < -0.3 is 25.5 Å². The molecular weight excluding hydrogens is 262 g/mol. The zero-order valence-corrected chi connectivity index (χ0v) is 11.0. The highest BCUT2D eigenvalue weighted by atomic mass is 32.2. The standard InChI is InChI=1S/C10H19NO6S/c1-10(2)7(9(16)17)11-8(18-10)6(15)5(14)4(13)3-12/h4-8,11-15H,3H2,1-2H3,(H,16,17)/t4-,5-,6-,7+,8?/m1/s1. The van der Waals surface area contributed by atoms with Crippen molar-refractivity contribution in [2.24, 2.45) is 0 Å². The summed E-state index contributed by atoms with van der Waals surface area (Å²) in [5.74, 6) is -1.04. The van der Waals surface area contributed by atoms with Gasteiger partial charge in [0.05, 0.1) is 12.0 Å². The molecule has 1 fully saturated rings. The lowest BCUT2D eigenvalue weighted by Crippen LogP contribution is -2.51. The Kier molecular flexibility index (Phi) is 4.98. The van der Waals surface area contributed by atoms with E-state index in [9.17, 15) is 20.1 Å². The number of aliphatic carboxylic acids is 1. The molecule has 1 rings (SSSR count). The van der Waals surface area contributed by atoms with Crippen LogP contribution < -0.4 is 5.32 Å². The molecule has 0 bridgehead atoms. The van der Waals surface area contributed by atoms with Gasteiger partial charge in [-0.05, 0) is 13.8 Å². The molecule has 0 aliphatic carbocycles. The molecule has 0 saturated carbocycles. The molecule has 106 valence electrons. The monoisotopic (exact) mass is 281 g/mol. The van der Waals surface area contributed by atoms with Crippen molar-refractivity contribution >= 4 is 17.7 Å². The average molecular weight is 281 g/mol. The first-order chi connectivity index (χ1) is 8.20. The quantitative estimate of drug-likeness (QED) is 0.340. The largest absolute Gasteiger partial charge is 0.480 e. The number of rotatable bonds is 5. The normalized spacial score (nSPS) is 31.9. The van der Waals surface area contributed by atoms with E-state index >= 15 is 0 Å². The zero-order chi connectivity index (χ0) is 14.1. The average Bonchev–Trinajstić information content (AvgIpc) is 2.62. The van der Waals surface area contributed by atoms with Gasteiger partial charge in [-0.1, -0.05) is 0 Å². The smallest absolute Gasteiger partial charge is 0.322 e. The van der Waals surface area contributed by atoms with Crippen molar-refractivity contribution in [2.75, 3.05) is 6.61 Å². The molecule has 6 N–H and O–H groups in total. The predicted octanol–water partition coefficient (Wildman–Crippen LogP) is -2.04. The molecule has 1 aliphatic heterocycles. The summed E-state index contributed by atoms with van der Waals surface area (Å²) in [6, 6.07) is -0.861. The number of aliphatic hydroxyl groups excluding tert-OH is 4. The molecule has 1 aliphatic rings. The maximum Gasteiger partial charge on any atom is 0.322 e. The molecular formula is C10H19NO6S. The Bertz CT molecular complexity index is 313. The maximum atomic E-state index is 11.0. The van der Waals surface area contributed by atoms with E-state index in [0.717, 1.165) is 0 Å². The fourth-order valence-corrected chi connectivity index (χ4v) is 3.31. The van der Waals surface area contributed by atoms with Crippen LogP contribution in [-0.4, -0.2) is 72.6 Å². The summed E-state index contributed by atoms with van der Waals surface area (Å²) in [5.41, 5.74) is 0. The van der Waals surface area contributed by atoms with Gasteiger partial charge in [0.25, 0.3) is 0 Å². The van der Waals surface area contributed by atoms with Gasteiger partial charge in [-0.25, -0.2) is 0 Å². The van der Waals surface area contributed by atoms with Crippen LogP contribution >= 0.6 is 11.8 Å². The SMILES string of the molecule is CC1(C)SC([C@H](O)[C@H](O)[C@H](O)CO)N[C@H]1C(=O)O. The Morgan fingerprint density at radius 1 is 1.39 bits per heavy atom. The van der Waals surface area contributed by atoms with Crippen LogP contribution in [0.4, 0.5) is 0 Å². The molecule has 0 aromatic heterocycles. The molecule has 0 radical (unpaired) electrons. The zero-order valence-electron chi connectivity index (χ0n) is 10.1. The second kappa shape index (κ2) is 5.72. The van der Waals surface area contributed by atoms with E-state index < -0.39 is 47.1 Å². The summed E-state index contributed by atoms with van der Waals surface area (Å²) in [6.45, 7) is 2.75. The van der Waals surface area contributed by atoms with Crippen LogP contribution in [0.5, 0.6) is 0 Å². The third-order valence-electron chi connectivity index (χ3n) is 2.95. The Morgan fingerprint density at radius 2 is 1.94 bits per heavy atom. The summed E-state index contributed by atoms with van der Waals surface area (Å²) in [6.07, 6.45) is -4.38. The van der Waals surface area contributed by atoms with Crippen LogP contribution in [-0.2, 0) is 4.79 Å². The van der Waals surface area contributed by atoms with Gasteiger partial charge in [0.2, 0.25) is 0 Å². The molecule has 0 amide bonds. The Balaban J connectivity index is 2.73. The molecule has 7 nitrogen and oxygen atoms in total. The number of carboxylic acids is 1. The number of nitrogens with one attached hydrogen (secondary N) is 1. The summed E-state index contributed by atoms with van der Waals surface area (Å²) >= 11 is 1.17. The van der Waals surface area contributed by atoms with Crippen molar-refractivity contribution in [3.05, 3.63) is 0 Å². The summed E-state index contributed by atoms with van der Waals surface area (Å²) in [4.78, 5) is 11.0. The first kappa shape index (κ1) is 15.7. The van der Waals surface area contributed by atoms with Crippen LogP contribution in [0.1, 0.15) is 13.8 Å². The molecule has 1 saturated heterocycles. The fourth-order valence-electron chi connectivity index (χ4n) is 1.85. The lowest BCUT2D eigenvalue weighted by atomic mass is 10.0. The van der Waals surface area contributed by atoms with Gasteiger partial charge in [0, 0.05) is 4.75 Å². The van der Waals surface area contributed by atoms with Crippen LogP contribution in [0.25, 0.3) is 0 Å². The number of hydrogen-bond donors (Lipinski definition) is 6. The van der Waals surface area contributed by atoms with E-state index in [-0.39, 0.29) is 0 Å². The lowest BCUT2D eigenvalue weighted by Gasteiger charge is -2.26. The van der Waals surface area contributed by atoms with E-state index in [2.05, 4.69) is 5.32 Å². The first-order valence-corrected chi connectivity index (χ1v) is 6.40. The third-order valence-corrected chi connectivity index (χ3v) is 4.46. The van der Waals surface area contributed by atoms with Gasteiger partial charge in [-0.3, -0.25) is 10.1 Å². The Hall–Kier alpha value is -0.380. The minimum atomic E-state index is -1.54. The molecule has 0 spiro atoms. The first-order valence-electron chi connectivity index (χ1n) is 5.52.